The Kier molecular flexibility index (Phi) is 4.21. The van der Waals surface area contributed by atoms with E-state index in [2.05, 4.69) is 5.32 Å². The van der Waals surface area contributed by atoms with E-state index in [1.807, 2.05) is 6.92 Å². The van der Waals surface area contributed by atoms with Crippen molar-refractivity contribution in [3.63, 3.8) is 0 Å². The monoisotopic (exact) mass is 258 g/mol. The fourth-order valence-corrected chi connectivity index (χ4v) is 2.00. The summed E-state index contributed by atoms with van der Waals surface area (Å²) in [7, 11) is 0. The van der Waals surface area contributed by atoms with Crippen LogP contribution in [0.25, 0.3) is 0 Å². The zero-order valence-corrected chi connectivity index (χ0v) is 11.4. The molecule has 18 heavy (non-hydrogen) atoms. The molecule has 1 rings (SSSR count). The van der Waals surface area contributed by atoms with Gasteiger partial charge in [0.05, 0.1) is 12.1 Å². The molecule has 0 saturated carbocycles. The van der Waals surface area contributed by atoms with Gasteiger partial charge in [0, 0.05) is 13.2 Å². The molecule has 0 aromatic rings. The average Bonchev–Trinajstić information content (AvgIpc) is 2.64. The summed E-state index contributed by atoms with van der Waals surface area (Å²) in [6, 6.07) is -0.363. The highest BCUT2D eigenvalue weighted by molar-refractivity contribution is 5.85. The smallest absolute Gasteiger partial charge is 0.329 e. The first-order valence-corrected chi connectivity index (χ1v) is 6.14. The number of hydrogen-bond donors (Lipinski definition) is 2. The van der Waals surface area contributed by atoms with E-state index in [1.54, 1.807) is 6.92 Å². The van der Waals surface area contributed by atoms with Gasteiger partial charge in [-0.05, 0) is 34.1 Å². The van der Waals surface area contributed by atoms with Gasteiger partial charge >= 0.3 is 12.0 Å². The van der Waals surface area contributed by atoms with E-state index in [4.69, 9.17) is 4.74 Å². The highest BCUT2D eigenvalue weighted by Gasteiger charge is 2.40. The lowest BCUT2D eigenvalue weighted by Gasteiger charge is -2.36. The highest BCUT2D eigenvalue weighted by atomic mass is 16.5. The number of carbonyl (C=O) groups excluding carboxylic acids is 1. The summed E-state index contributed by atoms with van der Waals surface area (Å²) in [6.45, 7) is 8.12. The molecule has 6 nitrogen and oxygen atoms in total. The van der Waals surface area contributed by atoms with Crippen molar-refractivity contribution >= 4 is 12.0 Å². The van der Waals surface area contributed by atoms with E-state index in [0.717, 1.165) is 6.42 Å². The van der Waals surface area contributed by atoms with Crippen LogP contribution in [0.3, 0.4) is 0 Å². The third-order valence-electron chi connectivity index (χ3n) is 3.39. The Morgan fingerprint density at radius 1 is 1.50 bits per heavy atom. The molecular weight excluding hydrogens is 236 g/mol. The number of carbonyl (C=O) groups is 2. The summed E-state index contributed by atoms with van der Waals surface area (Å²) in [5.41, 5.74) is -1.63. The normalized spacial score (nSPS) is 23.8. The van der Waals surface area contributed by atoms with E-state index in [9.17, 15) is 14.7 Å². The van der Waals surface area contributed by atoms with Gasteiger partial charge in [0.15, 0.2) is 0 Å². The zero-order chi connectivity index (χ0) is 14.0. The van der Waals surface area contributed by atoms with Crippen LogP contribution in [0, 0.1) is 0 Å². The van der Waals surface area contributed by atoms with Crippen molar-refractivity contribution in [2.75, 3.05) is 19.8 Å². The Morgan fingerprint density at radius 2 is 2.11 bits per heavy atom. The number of carboxylic acids is 1. The van der Waals surface area contributed by atoms with E-state index in [0.29, 0.717) is 19.8 Å². The number of nitrogens with zero attached hydrogens (tertiary/aromatic N) is 1. The fraction of sp³-hybridized carbons (Fsp3) is 0.833. The largest absolute Gasteiger partial charge is 0.480 e. The molecule has 0 aromatic heterocycles. The number of rotatable bonds is 4. The number of carboxylic acid groups (broad SMARTS) is 1. The summed E-state index contributed by atoms with van der Waals surface area (Å²) in [6.07, 6.45) is 0.740. The van der Waals surface area contributed by atoms with E-state index >= 15 is 0 Å². The molecule has 1 unspecified atom stereocenters. The van der Waals surface area contributed by atoms with Crippen LogP contribution in [0.15, 0.2) is 0 Å². The number of nitrogens with one attached hydrogen (secondary N) is 1. The molecule has 0 aromatic carbocycles. The average molecular weight is 258 g/mol. The molecule has 0 radical (unpaired) electrons. The van der Waals surface area contributed by atoms with Crippen LogP contribution in [0.1, 0.15) is 34.1 Å². The van der Waals surface area contributed by atoms with Gasteiger partial charge in [0.25, 0.3) is 0 Å². The van der Waals surface area contributed by atoms with Crippen molar-refractivity contribution in [2.45, 2.75) is 45.2 Å². The number of amides is 2. The van der Waals surface area contributed by atoms with Gasteiger partial charge in [-0.15, -0.1) is 0 Å². The summed E-state index contributed by atoms with van der Waals surface area (Å²) >= 11 is 0. The fourth-order valence-electron chi connectivity index (χ4n) is 2.00. The van der Waals surface area contributed by atoms with Crippen LogP contribution in [0.5, 0.6) is 0 Å². The van der Waals surface area contributed by atoms with E-state index in [-0.39, 0.29) is 6.03 Å². The molecule has 1 atom stereocenters. The first kappa shape index (κ1) is 14.8. The molecular formula is C12H22N2O4. The van der Waals surface area contributed by atoms with E-state index in [1.165, 1.54) is 18.7 Å². The molecule has 2 N–H and O–H groups in total. The molecule has 0 bridgehead atoms. The van der Waals surface area contributed by atoms with E-state index < -0.39 is 17.0 Å². The molecule has 6 heteroatoms. The minimum atomic E-state index is -1.23. The Hall–Kier alpha value is -1.30. The number of urea groups is 1. The van der Waals surface area contributed by atoms with Crippen LogP contribution in [-0.4, -0.2) is 52.8 Å². The number of aliphatic carboxylic acids is 1. The van der Waals surface area contributed by atoms with Crippen molar-refractivity contribution in [3.8, 4) is 0 Å². The lowest BCUT2D eigenvalue weighted by molar-refractivity contribution is -0.147. The van der Waals surface area contributed by atoms with Crippen molar-refractivity contribution < 1.29 is 19.4 Å². The summed E-state index contributed by atoms with van der Waals surface area (Å²) in [5, 5.41) is 12.0. The van der Waals surface area contributed by atoms with Crippen molar-refractivity contribution in [2.24, 2.45) is 0 Å². The van der Waals surface area contributed by atoms with Gasteiger partial charge in [0.2, 0.25) is 0 Å². The Balaban J connectivity index is 2.77. The molecule has 1 aliphatic heterocycles. The van der Waals surface area contributed by atoms with Gasteiger partial charge in [0.1, 0.15) is 5.54 Å². The minimum Gasteiger partial charge on any atom is -0.480 e. The summed E-state index contributed by atoms with van der Waals surface area (Å²) < 4.78 is 5.26. The molecule has 0 aliphatic carbocycles. The Bertz CT molecular complexity index is 335. The lowest BCUT2D eigenvalue weighted by atomic mass is 10.0. The van der Waals surface area contributed by atoms with Crippen LogP contribution >= 0.6 is 0 Å². The molecule has 2 amide bonds. The lowest BCUT2D eigenvalue weighted by Crippen LogP contribution is -2.60. The summed E-state index contributed by atoms with van der Waals surface area (Å²) in [5.74, 6) is -1.02. The maximum atomic E-state index is 12.2. The van der Waals surface area contributed by atoms with Crippen LogP contribution in [0.2, 0.25) is 0 Å². The van der Waals surface area contributed by atoms with Crippen molar-refractivity contribution in [1.82, 2.24) is 10.2 Å². The third kappa shape index (κ3) is 2.93. The predicted octanol–water partition coefficient (Wildman–Crippen LogP) is 1.06. The molecule has 1 saturated heterocycles. The minimum absolute atomic E-state index is 0.335. The van der Waals surface area contributed by atoms with Crippen molar-refractivity contribution in [1.29, 1.82) is 0 Å². The van der Waals surface area contributed by atoms with Crippen LogP contribution < -0.4 is 5.32 Å². The maximum absolute atomic E-state index is 12.2. The molecule has 1 heterocycles. The SMILES string of the molecule is CCN(C(=O)NC1(C)CCOC1)C(C)(C)C(=O)O. The second-order valence-electron chi connectivity index (χ2n) is 5.40. The third-order valence-corrected chi connectivity index (χ3v) is 3.39. The van der Waals surface area contributed by atoms with Crippen molar-refractivity contribution in [3.05, 3.63) is 0 Å². The van der Waals surface area contributed by atoms with Gasteiger partial charge in [-0.25, -0.2) is 9.59 Å². The van der Waals surface area contributed by atoms with Crippen LogP contribution in [0.4, 0.5) is 4.79 Å². The molecule has 0 spiro atoms. The first-order valence-electron chi connectivity index (χ1n) is 6.14. The summed E-state index contributed by atoms with van der Waals surface area (Å²) in [4.78, 5) is 24.7. The number of hydrogen-bond acceptors (Lipinski definition) is 3. The molecule has 1 aliphatic rings. The number of likely N-dealkylation sites (N-methyl/N-ethyl adjacent to an activating group) is 1. The standard InChI is InChI=1S/C12H22N2O4/c1-5-14(11(2,3)9(15)16)10(17)13-12(4)6-7-18-8-12/h5-8H2,1-4H3,(H,13,17)(H,15,16). The first-order chi connectivity index (χ1) is 8.23. The van der Waals surface area contributed by atoms with Gasteiger partial charge in [-0.3, -0.25) is 0 Å². The second-order valence-corrected chi connectivity index (χ2v) is 5.40. The quantitative estimate of drug-likeness (QED) is 0.790. The topological polar surface area (TPSA) is 78.9 Å². The predicted molar refractivity (Wildman–Crippen MR) is 66.5 cm³/mol. The van der Waals surface area contributed by atoms with Gasteiger partial charge < -0.3 is 20.1 Å². The second kappa shape index (κ2) is 5.14. The Morgan fingerprint density at radius 3 is 2.50 bits per heavy atom. The highest BCUT2D eigenvalue weighted by Crippen LogP contribution is 2.20. The zero-order valence-electron chi connectivity index (χ0n) is 11.4. The Labute approximate surface area is 107 Å². The van der Waals surface area contributed by atoms with Gasteiger partial charge in [-0.1, -0.05) is 0 Å². The molecule has 104 valence electrons. The van der Waals surface area contributed by atoms with Crippen LogP contribution in [-0.2, 0) is 9.53 Å². The maximum Gasteiger partial charge on any atom is 0.329 e. The molecule has 1 fully saturated rings. The number of ether oxygens (including phenoxy) is 1. The van der Waals surface area contributed by atoms with Gasteiger partial charge in [-0.2, -0.15) is 0 Å².